The summed E-state index contributed by atoms with van der Waals surface area (Å²) in [5, 5.41) is -1.42. The van der Waals surface area contributed by atoms with E-state index < -0.39 is 10.8 Å². The molecule has 56 valence electrons. The summed E-state index contributed by atoms with van der Waals surface area (Å²) in [5.41, 5.74) is 0. The third-order valence-electron chi connectivity index (χ3n) is 0.957. The van der Waals surface area contributed by atoms with Crippen LogP contribution >= 0.6 is 23.2 Å². The minimum atomic E-state index is -0.708. The minimum absolute atomic E-state index is 0.284. The SMILES string of the molecule is C=CC(Cl)C(=O)C(Cl)C=C. The zero-order chi connectivity index (χ0) is 8.15. The fourth-order valence-corrected chi connectivity index (χ4v) is 0.720. The van der Waals surface area contributed by atoms with Gasteiger partial charge >= 0.3 is 0 Å². The quantitative estimate of drug-likeness (QED) is 0.477. The second-order valence-electron chi connectivity index (χ2n) is 1.68. The maximum atomic E-state index is 10.9. The highest BCUT2D eigenvalue weighted by molar-refractivity contribution is 6.41. The Hall–Kier alpha value is -0.270. The topological polar surface area (TPSA) is 17.1 Å². The summed E-state index contributed by atoms with van der Waals surface area (Å²) in [5.74, 6) is -0.284. The Bertz CT molecular complexity index is 138. The molecule has 0 radical (unpaired) electrons. The average molecular weight is 179 g/mol. The van der Waals surface area contributed by atoms with E-state index in [1.54, 1.807) is 0 Å². The van der Waals surface area contributed by atoms with Gasteiger partial charge in [-0.15, -0.1) is 36.4 Å². The number of hydrogen-bond donors (Lipinski definition) is 0. The Morgan fingerprint density at radius 3 is 1.70 bits per heavy atom. The molecule has 0 aliphatic heterocycles. The first-order valence-electron chi connectivity index (χ1n) is 2.70. The van der Waals surface area contributed by atoms with E-state index >= 15 is 0 Å². The summed E-state index contributed by atoms with van der Waals surface area (Å²) in [6.07, 6.45) is 2.67. The first-order valence-corrected chi connectivity index (χ1v) is 3.57. The van der Waals surface area contributed by atoms with Crippen molar-refractivity contribution in [1.29, 1.82) is 0 Å². The lowest BCUT2D eigenvalue weighted by molar-refractivity contribution is -0.116. The summed E-state index contributed by atoms with van der Waals surface area (Å²) < 4.78 is 0. The summed E-state index contributed by atoms with van der Waals surface area (Å²) in [7, 11) is 0. The van der Waals surface area contributed by atoms with Crippen molar-refractivity contribution in [2.45, 2.75) is 10.8 Å². The third kappa shape index (κ3) is 2.54. The molecule has 0 aromatic rings. The Kier molecular flexibility index (Phi) is 4.41. The van der Waals surface area contributed by atoms with Crippen molar-refractivity contribution in [3.05, 3.63) is 25.3 Å². The fourth-order valence-electron chi connectivity index (χ4n) is 0.384. The van der Waals surface area contributed by atoms with Gasteiger partial charge in [0.05, 0.1) is 0 Å². The molecule has 2 atom stereocenters. The highest BCUT2D eigenvalue weighted by Crippen LogP contribution is 2.07. The van der Waals surface area contributed by atoms with E-state index in [4.69, 9.17) is 23.2 Å². The Labute approximate surface area is 70.3 Å². The Balaban J connectivity index is 4.06. The lowest BCUT2D eigenvalue weighted by atomic mass is 10.2. The number of ketones is 1. The van der Waals surface area contributed by atoms with Gasteiger partial charge in [0.25, 0.3) is 0 Å². The van der Waals surface area contributed by atoms with Gasteiger partial charge in [-0.2, -0.15) is 0 Å². The smallest absolute Gasteiger partial charge is 0.176 e. The van der Waals surface area contributed by atoms with E-state index in [1.165, 1.54) is 12.2 Å². The predicted octanol–water partition coefficient (Wildman–Crippen LogP) is 2.14. The van der Waals surface area contributed by atoms with Gasteiger partial charge in [-0.3, -0.25) is 4.79 Å². The molecule has 0 heterocycles. The minimum Gasteiger partial charge on any atom is -0.296 e. The number of carbonyl (C=O) groups is 1. The zero-order valence-corrected chi connectivity index (χ0v) is 6.90. The standard InChI is InChI=1S/C7H8Cl2O/c1-3-5(8)7(10)6(9)4-2/h3-6H,1-2H2. The molecule has 0 saturated heterocycles. The number of hydrogen-bond acceptors (Lipinski definition) is 1. The summed E-state index contributed by atoms with van der Waals surface area (Å²) in [6.45, 7) is 6.71. The predicted molar refractivity (Wildman–Crippen MR) is 44.7 cm³/mol. The highest BCUT2D eigenvalue weighted by Gasteiger charge is 2.17. The summed E-state index contributed by atoms with van der Waals surface area (Å²) >= 11 is 11.0. The zero-order valence-electron chi connectivity index (χ0n) is 5.39. The third-order valence-corrected chi connectivity index (χ3v) is 1.74. The Morgan fingerprint density at radius 1 is 1.20 bits per heavy atom. The van der Waals surface area contributed by atoms with Crippen LogP contribution in [0.15, 0.2) is 25.3 Å². The van der Waals surface area contributed by atoms with Crippen molar-refractivity contribution in [1.82, 2.24) is 0 Å². The first-order chi connectivity index (χ1) is 4.63. The number of halogens is 2. The molecule has 0 rings (SSSR count). The molecule has 0 aromatic heterocycles. The molecule has 2 unspecified atom stereocenters. The monoisotopic (exact) mass is 178 g/mol. The van der Waals surface area contributed by atoms with E-state index in [-0.39, 0.29) is 5.78 Å². The fraction of sp³-hybridized carbons (Fsp3) is 0.286. The number of rotatable bonds is 4. The van der Waals surface area contributed by atoms with E-state index in [1.807, 2.05) is 0 Å². The van der Waals surface area contributed by atoms with Gasteiger partial charge in [-0.25, -0.2) is 0 Å². The summed E-state index contributed by atoms with van der Waals surface area (Å²) in [4.78, 5) is 10.9. The molecule has 0 aromatic carbocycles. The maximum absolute atomic E-state index is 10.9. The van der Waals surface area contributed by atoms with Gasteiger partial charge in [0.15, 0.2) is 5.78 Å². The van der Waals surface area contributed by atoms with Crippen molar-refractivity contribution in [2.75, 3.05) is 0 Å². The lowest BCUT2D eigenvalue weighted by Crippen LogP contribution is -2.20. The molecule has 1 nitrogen and oxygen atoms in total. The normalized spacial score (nSPS) is 15.4. The van der Waals surface area contributed by atoms with Crippen molar-refractivity contribution in [3.63, 3.8) is 0 Å². The van der Waals surface area contributed by atoms with Crippen molar-refractivity contribution in [3.8, 4) is 0 Å². The second kappa shape index (κ2) is 4.53. The van der Waals surface area contributed by atoms with Crippen LogP contribution in [0.25, 0.3) is 0 Å². The van der Waals surface area contributed by atoms with Gasteiger partial charge in [0.2, 0.25) is 0 Å². The van der Waals surface area contributed by atoms with Crippen LogP contribution in [0.4, 0.5) is 0 Å². The van der Waals surface area contributed by atoms with Crippen molar-refractivity contribution in [2.24, 2.45) is 0 Å². The Morgan fingerprint density at radius 2 is 1.50 bits per heavy atom. The molecule has 0 amide bonds. The summed E-state index contributed by atoms with van der Waals surface area (Å²) in [6, 6.07) is 0. The van der Waals surface area contributed by atoms with Crippen LogP contribution < -0.4 is 0 Å². The number of carbonyl (C=O) groups excluding carboxylic acids is 1. The molecule has 0 bridgehead atoms. The van der Waals surface area contributed by atoms with E-state index in [0.29, 0.717) is 0 Å². The van der Waals surface area contributed by atoms with E-state index in [9.17, 15) is 4.79 Å². The number of Topliss-reactive ketones (excluding diaryl/α,β-unsaturated/α-hetero) is 1. The van der Waals surface area contributed by atoms with Crippen molar-refractivity contribution < 1.29 is 4.79 Å². The largest absolute Gasteiger partial charge is 0.296 e. The van der Waals surface area contributed by atoms with Crippen LogP contribution in [0.2, 0.25) is 0 Å². The maximum Gasteiger partial charge on any atom is 0.176 e. The average Bonchev–Trinajstić information content (AvgIpc) is 2.00. The van der Waals surface area contributed by atoms with Gasteiger partial charge < -0.3 is 0 Å². The van der Waals surface area contributed by atoms with Crippen LogP contribution in [0, 0.1) is 0 Å². The van der Waals surface area contributed by atoms with Gasteiger partial charge in [0.1, 0.15) is 10.8 Å². The van der Waals surface area contributed by atoms with Gasteiger partial charge in [-0.1, -0.05) is 12.2 Å². The van der Waals surface area contributed by atoms with Crippen LogP contribution in [0.5, 0.6) is 0 Å². The van der Waals surface area contributed by atoms with Gasteiger partial charge in [-0.05, 0) is 0 Å². The van der Waals surface area contributed by atoms with Crippen LogP contribution in [0.3, 0.4) is 0 Å². The molecule has 0 saturated carbocycles. The van der Waals surface area contributed by atoms with Crippen molar-refractivity contribution >= 4 is 29.0 Å². The lowest BCUT2D eigenvalue weighted by Gasteiger charge is -2.03. The molecule has 0 aliphatic carbocycles. The van der Waals surface area contributed by atoms with E-state index in [2.05, 4.69) is 13.2 Å². The second-order valence-corrected chi connectivity index (χ2v) is 2.62. The van der Waals surface area contributed by atoms with E-state index in [0.717, 1.165) is 0 Å². The van der Waals surface area contributed by atoms with Crippen LogP contribution in [-0.2, 0) is 4.79 Å². The molecule has 10 heavy (non-hydrogen) atoms. The van der Waals surface area contributed by atoms with Crippen LogP contribution in [0.1, 0.15) is 0 Å². The number of allylic oxidation sites excluding steroid dienone is 2. The first kappa shape index (κ1) is 9.73. The highest BCUT2D eigenvalue weighted by atomic mass is 35.5. The number of alkyl halides is 2. The molecular formula is C7H8Cl2O. The molecule has 0 aliphatic rings. The van der Waals surface area contributed by atoms with Gasteiger partial charge in [0, 0.05) is 0 Å². The van der Waals surface area contributed by atoms with Crippen LogP contribution in [-0.4, -0.2) is 16.5 Å². The molecular weight excluding hydrogens is 171 g/mol. The molecule has 0 fully saturated rings. The molecule has 0 spiro atoms. The molecule has 0 N–H and O–H groups in total. The molecule has 3 heteroatoms.